The van der Waals surface area contributed by atoms with Crippen molar-refractivity contribution in [1.82, 2.24) is 9.97 Å². The van der Waals surface area contributed by atoms with Gasteiger partial charge in [-0.1, -0.05) is 18.2 Å². The lowest BCUT2D eigenvalue weighted by atomic mass is 9.53. The number of hydrogen-bond acceptors (Lipinski definition) is 6. The van der Waals surface area contributed by atoms with Gasteiger partial charge >= 0.3 is 0 Å². The molecular formula is C26H29N5O. The van der Waals surface area contributed by atoms with Crippen LogP contribution in [0.25, 0.3) is 0 Å². The molecule has 0 atom stereocenters. The minimum atomic E-state index is 0.158. The van der Waals surface area contributed by atoms with Gasteiger partial charge in [0, 0.05) is 11.2 Å². The molecule has 164 valence electrons. The Hall–Kier alpha value is -3.28. The Kier molecular flexibility index (Phi) is 4.67. The third-order valence-electron chi connectivity index (χ3n) is 7.40. The number of rotatable bonds is 6. The van der Waals surface area contributed by atoms with Crippen LogP contribution < -0.4 is 21.1 Å². The minimum Gasteiger partial charge on any atom is -0.457 e. The molecule has 7 rings (SSSR count). The SMILES string of the molecule is Nc1c(Nc2ccc(Oc3ccccc3)cc2)ncnc1NC12CC3CC(CC(C3)C1)C2. The summed E-state index contributed by atoms with van der Waals surface area (Å²) in [6.07, 6.45) is 9.57. The van der Waals surface area contributed by atoms with Crippen molar-refractivity contribution in [3.05, 3.63) is 60.9 Å². The predicted molar refractivity (Wildman–Crippen MR) is 127 cm³/mol. The van der Waals surface area contributed by atoms with Crippen molar-refractivity contribution in [3.8, 4) is 11.5 Å². The number of aromatic nitrogens is 2. The van der Waals surface area contributed by atoms with Crippen LogP contribution in [0.2, 0.25) is 0 Å². The molecule has 0 amide bonds. The highest BCUT2D eigenvalue weighted by Gasteiger charge is 2.51. The first-order chi connectivity index (χ1) is 15.6. The number of ether oxygens (including phenoxy) is 1. The largest absolute Gasteiger partial charge is 0.457 e. The van der Waals surface area contributed by atoms with Gasteiger partial charge in [-0.15, -0.1) is 0 Å². The minimum absolute atomic E-state index is 0.158. The van der Waals surface area contributed by atoms with Crippen LogP contribution in [-0.4, -0.2) is 15.5 Å². The maximum absolute atomic E-state index is 6.52. The number of nitrogens with one attached hydrogen (secondary N) is 2. The van der Waals surface area contributed by atoms with E-state index < -0.39 is 0 Å². The Morgan fingerprint density at radius 3 is 2.03 bits per heavy atom. The highest BCUT2D eigenvalue weighted by Crippen LogP contribution is 2.56. The number of nitrogen functional groups attached to an aromatic ring is 1. The van der Waals surface area contributed by atoms with Crippen LogP contribution in [0.5, 0.6) is 11.5 Å². The molecule has 4 N–H and O–H groups in total. The zero-order valence-electron chi connectivity index (χ0n) is 18.1. The van der Waals surface area contributed by atoms with Gasteiger partial charge in [0.25, 0.3) is 0 Å². The second-order valence-corrected chi connectivity index (χ2v) is 9.87. The summed E-state index contributed by atoms with van der Waals surface area (Å²) in [5, 5.41) is 7.12. The smallest absolute Gasteiger partial charge is 0.159 e. The van der Waals surface area contributed by atoms with E-state index in [-0.39, 0.29) is 5.54 Å². The Bertz CT molecular complexity index is 1060. The van der Waals surface area contributed by atoms with Gasteiger partial charge in [0.05, 0.1) is 0 Å². The summed E-state index contributed by atoms with van der Waals surface area (Å²) in [5.74, 6) is 5.58. The first-order valence-corrected chi connectivity index (χ1v) is 11.6. The van der Waals surface area contributed by atoms with E-state index in [2.05, 4.69) is 20.6 Å². The van der Waals surface area contributed by atoms with Gasteiger partial charge < -0.3 is 21.1 Å². The van der Waals surface area contributed by atoms with Gasteiger partial charge in [-0.2, -0.15) is 0 Å². The van der Waals surface area contributed by atoms with Crippen LogP contribution in [0.15, 0.2) is 60.9 Å². The molecule has 6 nitrogen and oxygen atoms in total. The van der Waals surface area contributed by atoms with Gasteiger partial charge in [-0.3, -0.25) is 0 Å². The van der Waals surface area contributed by atoms with E-state index in [0.717, 1.165) is 40.8 Å². The fourth-order valence-corrected chi connectivity index (χ4v) is 6.48. The molecule has 4 bridgehead atoms. The summed E-state index contributed by atoms with van der Waals surface area (Å²) >= 11 is 0. The van der Waals surface area contributed by atoms with Gasteiger partial charge in [0.2, 0.25) is 0 Å². The normalized spacial score (nSPS) is 27.8. The summed E-state index contributed by atoms with van der Waals surface area (Å²) < 4.78 is 5.87. The fourth-order valence-electron chi connectivity index (χ4n) is 6.48. The first-order valence-electron chi connectivity index (χ1n) is 11.6. The molecular weight excluding hydrogens is 398 g/mol. The number of anilines is 4. The molecule has 1 aromatic heterocycles. The first kappa shape index (κ1) is 19.4. The topological polar surface area (TPSA) is 85.1 Å². The number of benzene rings is 2. The fraction of sp³-hybridized carbons (Fsp3) is 0.385. The maximum Gasteiger partial charge on any atom is 0.159 e. The number of nitrogens with zero attached hydrogens (tertiary/aromatic N) is 2. The molecule has 0 unspecified atom stereocenters. The lowest BCUT2D eigenvalue weighted by Crippen LogP contribution is -2.55. The second kappa shape index (κ2) is 7.69. The number of hydrogen-bond donors (Lipinski definition) is 3. The van der Waals surface area contributed by atoms with Crippen molar-refractivity contribution >= 4 is 23.0 Å². The molecule has 4 aliphatic carbocycles. The predicted octanol–water partition coefficient (Wildman–Crippen LogP) is 5.98. The Morgan fingerprint density at radius 1 is 0.781 bits per heavy atom. The van der Waals surface area contributed by atoms with E-state index in [9.17, 15) is 0 Å². The third-order valence-corrected chi connectivity index (χ3v) is 7.40. The lowest BCUT2D eigenvalue weighted by Gasteiger charge is -2.57. The Morgan fingerprint density at radius 2 is 1.38 bits per heavy atom. The van der Waals surface area contributed by atoms with Crippen molar-refractivity contribution in [3.63, 3.8) is 0 Å². The van der Waals surface area contributed by atoms with E-state index in [0.29, 0.717) is 11.5 Å². The summed E-state index contributed by atoms with van der Waals surface area (Å²) in [6, 6.07) is 17.5. The van der Waals surface area contributed by atoms with Crippen LogP contribution >= 0.6 is 0 Å². The average molecular weight is 428 g/mol. The molecule has 0 radical (unpaired) electrons. The van der Waals surface area contributed by atoms with E-state index in [1.165, 1.54) is 38.5 Å². The molecule has 6 heteroatoms. The monoisotopic (exact) mass is 427 g/mol. The quantitative estimate of drug-likeness (QED) is 0.449. The Balaban J connectivity index is 1.17. The molecule has 1 heterocycles. The van der Waals surface area contributed by atoms with Gasteiger partial charge in [0.15, 0.2) is 11.6 Å². The van der Waals surface area contributed by atoms with Crippen LogP contribution in [0.1, 0.15) is 38.5 Å². The van der Waals surface area contributed by atoms with Crippen LogP contribution in [0.3, 0.4) is 0 Å². The highest BCUT2D eigenvalue weighted by atomic mass is 16.5. The molecule has 4 saturated carbocycles. The molecule has 0 spiro atoms. The van der Waals surface area contributed by atoms with Crippen molar-refractivity contribution in [2.45, 2.75) is 44.1 Å². The summed E-state index contributed by atoms with van der Waals surface area (Å²) in [6.45, 7) is 0. The second-order valence-electron chi connectivity index (χ2n) is 9.87. The van der Waals surface area contributed by atoms with Crippen LogP contribution in [0.4, 0.5) is 23.0 Å². The molecule has 0 saturated heterocycles. The van der Waals surface area contributed by atoms with E-state index in [4.69, 9.17) is 10.5 Å². The van der Waals surface area contributed by atoms with Crippen molar-refractivity contribution in [2.24, 2.45) is 17.8 Å². The molecule has 2 aromatic carbocycles. The molecule has 3 aromatic rings. The summed E-state index contributed by atoms with van der Waals surface area (Å²) in [5.41, 5.74) is 8.15. The number of para-hydroxylation sites is 1. The van der Waals surface area contributed by atoms with Gasteiger partial charge in [-0.05, 0) is 92.7 Å². The van der Waals surface area contributed by atoms with E-state index >= 15 is 0 Å². The summed E-state index contributed by atoms with van der Waals surface area (Å²) in [7, 11) is 0. The van der Waals surface area contributed by atoms with E-state index in [1.54, 1.807) is 6.33 Å². The van der Waals surface area contributed by atoms with Crippen molar-refractivity contribution in [1.29, 1.82) is 0 Å². The van der Waals surface area contributed by atoms with E-state index in [1.807, 2.05) is 54.6 Å². The van der Waals surface area contributed by atoms with Gasteiger partial charge in [-0.25, -0.2) is 9.97 Å². The average Bonchev–Trinajstić information content (AvgIpc) is 2.77. The molecule has 0 aliphatic heterocycles. The maximum atomic E-state index is 6.52. The van der Waals surface area contributed by atoms with Crippen LogP contribution in [-0.2, 0) is 0 Å². The third kappa shape index (κ3) is 3.74. The van der Waals surface area contributed by atoms with Gasteiger partial charge in [0.1, 0.15) is 23.5 Å². The molecule has 32 heavy (non-hydrogen) atoms. The Labute approximate surface area is 188 Å². The zero-order valence-corrected chi connectivity index (χ0v) is 18.1. The van der Waals surface area contributed by atoms with Crippen molar-refractivity contribution in [2.75, 3.05) is 16.4 Å². The molecule has 4 aliphatic rings. The standard InChI is InChI=1S/C26H29N5O/c27-23-24(30-20-6-8-22(9-7-20)32-21-4-2-1-3-5-21)28-16-29-25(23)31-26-13-17-10-18(14-26)12-19(11-17)15-26/h1-9,16-19H,10-15,27H2,(H2,28,29,30,31). The van der Waals surface area contributed by atoms with Crippen LogP contribution in [0, 0.1) is 17.8 Å². The summed E-state index contributed by atoms with van der Waals surface area (Å²) in [4.78, 5) is 8.91. The number of nitrogens with two attached hydrogens (primary N) is 1. The highest BCUT2D eigenvalue weighted by molar-refractivity contribution is 5.78. The zero-order chi connectivity index (χ0) is 21.5. The van der Waals surface area contributed by atoms with Crippen molar-refractivity contribution < 1.29 is 4.74 Å². The lowest BCUT2D eigenvalue weighted by molar-refractivity contribution is 0.0106. The molecule has 4 fully saturated rings.